The molecule has 1 aliphatic carbocycles. The van der Waals surface area contributed by atoms with Crippen LogP contribution in [0.2, 0.25) is 0 Å². The van der Waals surface area contributed by atoms with Crippen LogP contribution < -0.4 is 5.32 Å². The lowest BCUT2D eigenvalue weighted by atomic mass is 9.88. The number of thiophene rings is 1. The summed E-state index contributed by atoms with van der Waals surface area (Å²) in [6.45, 7) is 2.31. The topological polar surface area (TPSA) is 75.6 Å². The number of hydrogen-bond donors (Lipinski definition) is 2. The van der Waals surface area contributed by atoms with E-state index in [4.69, 9.17) is 4.74 Å². The quantitative estimate of drug-likeness (QED) is 0.865. The number of ether oxygens (including phenoxy) is 1. The second kappa shape index (κ2) is 7.05. The fourth-order valence-corrected chi connectivity index (χ4v) is 4.31. The van der Waals surface area contributed by atoms with Crippen LogP contribution in [0.5, 0.6) is 0 Å². The summed E-state index contributed by atoms with van der Waals surface area (Å²) in [5.41, 5.74) is 1.97. The number of nitrogens with one attached hydrogen (secondary N) is 1. The Kier molecular flexibility index (Phi) is 4.85. The molecule has 1 amide bonds. The number of carboxylic acid groups (broad SMARTS) is 1. The predicted octanol–water partition coefficient (Wildman–Crippen LogP) is 4.32. The molecule has 0 saturated heterocycles. The Morgan fingerprint density at radius 2 is 2.08 bits per heavy atom. The Hall–Kier alpha value is -2.34. The van der Waals surface area contributed by atoms with Crippen molar-refractivity contribution < 1.29 is 19.4 Å². The number of benzene rings is 1. The number of carbonyl (C=O) groups is 2. The maximum Gasteiger partial charge on any atom is 0.412 e. The van der Waals surface area contributed by atoms with Gasteiger partial charge < -0.3 is 9.84 Å². The number of carboxylic acids is 1. The zero-order chi connectivity index (χ0) is 17.1. The van der Waals surface area contributed by atoms with Gasteiger partial charge in [0.05, 0.1) is 5.56 Å². The van der Waals surface area contributed by atoms with E-state index in [1.54, 1.807) is 0 Å². The number of aromatic carboxylic acids is 1. The van der Waals surface area contributed by atoms with E-state index in [1.807, 2.05) is 30.3 Å². The number of carbonyl (C=O) groups excluding carboxylic acids is 1. The van der Waals surface area contributed by atoms with Crippen LogP contribution in [-0.2, 0) is 24.2 Å². The molecule has 0 aliphatic heterocycles. The third-order valence-corrected chi connectivity index (χ3v) is 5.32. The van der Waals surface area contributed by atoms with Crippen molar-refractivity contribution in [1.29, 1.82) is 0 Å². The minimum Gasteiger partial charge on any atom is -0.478 e. The zero-order valence-electron chi connectivity index (χ0n) is 13.4. The fourth-order valence-electron chi connectivity index (χ4n) is 2.92. The van der Waals surface area contributed by atoms with Crippen molar-refractivity contribution in [3.63, 3.8) is 0 Å². The van der Waals surface area contributed by atoms with Crippen LogP contribution in [0.25, 0.3) is 0 Å². The summed E-state index contributed by atoms with van der Waals surface area (Å²) < 4.78 is 5.18. The van der Waals surface area contributed by atoms with Gasteiger partial charge in [-0.2, -0.15) is 0 Å². The second-order valence-electron chi connectivity index (χ2n) is 6.05. The Morgan fingerprint density at radius 3 is 2.79 bits per heavy atom. The van der Waals surface area contributed by atoms with Gasteiger partial charge in [-0.15, -0.1) is 11.3 Å². The van der Waals surface area contributed by atoms with Crippen molar-refractivity contribution in [2.24, 2.45) is 5.92 Å². The minimum atomic E-state index is -1.000. The molecule has 1 heterocycles. The molecule has 0 saturated carbocycles. The highest BCUT2D eigenvalue weighted by Gasteiger charge is 2.28. The first-order valence-corrected chi connectivity index (χ1v) is 8.71. The number of rotatable bonds is 4. The molecule has 2 aromatic rings. The smallest absolute Gasteiger partial charge is 0.412 e. The first kappa shape index (κ1) is 16.5. The standard InChI is InChI=1S/C18H19NO4S/c1-11-7-8-13-14(9-11)24-16(15(13)17(20)21)19-18(22)23-10-12-5-3-2-4-6-12/h2-6,11H,7-10H2,1H3,(H,19,22)(H,20,21). The largest absolute Gasteiger partial charge is 0.478 e. The fraction of sp³-hybridized carbons (Fsp3) is 0.333. The van der Waals surface area contributed by atoms with E-state index < -0.39 is 12.1 Å². The molecule has 24 heavy (non-hydrogen) atoms. The van der Waals surface area contributed by atoms with Gasteiger partial charge in [0, 0.05) is 4.88 Å². The highest BCUT2D eigenvalue weighted by Crippen LogP contribution is 2.39. The summed E-state index contributed by atoms with van der Waals surface area (Å²) in [7, 11) is 0. The maximum atomic E-state index is 12.0. The molecular weight excluding hydrogens is 326 g/mol. The van der Waals surface area contributed by atoms with E-state index in [0.717, 1.165) is 35.3 Å². The van der Waals surface area contributed by atoms with E-state index in [2.05, 4.69) is 12.2 Å². The molecule has 5 nitrogen and oxygen atoms in total. The normalized spacial score (nSPS) is 16.3. The third kappa shape index (κ3) is 3.59. The molecule has 0 fully saturated rings. The van der Waals surface area contributed by atoms with Crippen LogP contribution in [0.15, 0.2) is 30.3 Å². The van der Waals surface area contributed by atoms with Gasteiger partial charge >= 0.3 is 12.1 Å². The number of hydrogen-bond acceptors (Lipinski definition) is 4. The average molecular weight is 345 g/mol. The molecule has 1 aromatic carbocycles. The molecular formula is C18H19NO4S. The summed E-state index contributed by atoms with van der Waals surface area (Å²) in [5.74, 6) is -0.462. The molecule has 6 heteroatoms. The molecule has 0 radical (unpaired) electrons. The summed E-state index contributed by atoms with van der Waals surface area (Å²) in [4.78, 5) is 24.7. The van der Waals surface area contributed by atoms with Crippen LogP contribution in [0.4, 0.5) is 9.80 Å². The van der Waals surface area contributed by atoms with Crippen molar-refractivity contribution in [1.82, 2.24) is 0 Å². The van der Waals surface area contributed by atoms with E-state index in [0.29, 0.717) is 10.9 Å². The van der Waals surface area contributed by atoms with Crippen molar-refractivity contribution in [3.8, 4) is 0 Å². The molecule has 1 atom stereocenters. The Balaban J connectivity index is 1.72. The van der Waals surface area contributed by atoms with Crippen LogP contribution in [-0.4, -0.2) is 17.2 Å². The van der Waals surface area contributed by atoms with Crippen LogP contribution in [0.3, 0.4) is 0 Å². The lowest BCUT2D eigenvalue weighted by Gasteiger charge is -2.17. The van der Waals surface area contributed by atoms with Crippen LogP contribution >= 0.6 is 11.3 Å². The van der Waals surface area contributed by atoms with Crippen molar-refractivity contribution in [2.75, 3.05) is 5.32 Å². The molecule has 3 rings (SSSR count). The van der Waals surface area contributed by atoms with E-state index in [9.17, 15) is 14.7 Å². The van der Waals surface area contributed by atoms with Gasteiger partial charge in [0.2, 0.25) is 0 Å². The van der Waals surface area contributed by atoms with Crippen molar-refractivity contribution in [3.05, 3.63) is 51.9 Å². The maximum absolute atomic E-state index is 12.0. The number of amides is 1. The summed E-state index contributed by atoms with van der Waals surface area (Å²) in [6, 6.07) is 9.35. The summed E-state index contributed by atoms with van der Waals surface area (Å²) in [5, 5.41) is 12.5. The Morgan fingerprint density at radius 1 is 1.33 bits per heavy atom. The number of fused-ring (bicyclic) bond motifs is 1. The second-order valence-corrected chi connectivity index (χ2v) is 7.15. The monoisotopic (exact) mass is 345 g/mol. The lowest BCUT2D eigenvalue weighted by Crippen LogP contribution is -2.16. The molecule has 1 aliphatic rings. The minimum absolute atomic E-state index is 0.150. The van der Waals surface area contributed by atoms with Gasteiger partial charge in [0.15, 0.2) is 0 Å². The summed E-state index contributed by atoms with van der Waals surface area (Å²) >= 11 is 1.35. The van der Waals surface area contributed by atoms with Crippen molar-refractivity contribution >= 4 is 28.4 Å². The molecule has 1 aromatic heterocycles. The molecule has 2 N–H and O–H groups in total. The SMILES string of the molecule is CC1CCc2c(sc(NC(=O)OCc3ccccc3)c2C(=O)O)C1. The Bertz CT molecular complexity index is 754. The van der Waals surface area contributed by atoms with E-state index in [-0.39, 0.29) is 12.2 Å². The van der Waals surface area contributed by atoms with Gasteiger partial charge in [-0.3, -0.25) is 5.32 Å². The van der Waals surface area contributed by atoms with Crippen molar-refractivity contribution in [2.45, 2.75) is 32.8 Å². The third-order valence-electron chi connectivity index (χ3n) is 4.15. The van der Waals surface area contributed by atoms with Crippen LogP contribution in [0, 0.1) is 5.92 Å². The zero-order valence-corrected chi connectivity index (χ0v) is 14.2. The Labute approximate surface area is 144 Å². The first-order valence-electron chi connectivity index (χ1n) is 7.90. The van der Waals surface area contributed by atoms with Gasteiger partial charge in [-0.05, 0) is 36.3 Å². The highest BCUT2D eigenvalue weighted by atomic mass is 32.1. The molecule has 0 spiro atoms. The highest BCUT2D eigenvalue weighted by molar-refractivity contribution is 7.17. The molecule has 0 bridgehead atoms. The summed E-state index contributed by atoms with van der Waals surface area (Å²) in [6.07, 6.45) is 1.95. The average Bonchev–Trinajstić information content (AvgIpc) is 2.90. The molecule has 126 valence electrons. The number of anilines is 1. The lowest BCUT2D eigenvalue weighted by molar-refractivity contribution is 0.0697. The van der Waals surface area contributed by atoms with E-state index >= 15 is 0 Å². The first-order chi connectivity index (χ1) is 11.5. The van der Waals surface area contributed by atoms with Gasteiger partial charge in [0.25, 0.3) is 0 Å². The van der Waals surface area contributed by atoms with E-state index in [1.165, 1.54) is 11.3 Å². The molecule has 1 unspecified atom stereocenters. The van der Waals surface area contributed by atoms with Gasteiger partial charge in [-0.25, -0.2) is 9.59 Å². The van der Waals surface area contributed by atoms with Gasteiger partial charge in [0.1, 0.15) is 11.6 Å². The van der Waals surface area contributed by atoms with Crippen LogP contribution in [0.1, 0.15) is 39.7 Å². The predicted molar refractivity (Wildman–Crippen MR) is 92.7 cm³/mol. The van der Waals surface area contributed by atoms with Gasteiger partial charge in [-0.1, -0.05) is 37.3 Å².